The molecule has 0 spiro atoms. The van der Waals surface area contributed by atoms with E-state index < -0.39 is 17.4 Å². The number of carbonyl (C=O) groups excluding carboxylic acids is 1. The Morgan fingerprint density at radius 3 is 2.75 bits per heavy atom. The Hall–Kier alpha value is -2.22. The number of ether oxygens (including phenoxy) is 1. The van der Waals surface area contributed by atoms with Crippen molar-refractivity contribution in [1.29, 1.82) is 0 Å². The van der Waals surface area contributed by atoms with Crippen molar-refractivity contribution in [2.24, 2.45) is 5.41 Å². The zero-order valence-corrected chi connectivity index (χ0v) is 11.2. The van der Waals surface area contributed by atoms with E-state index in [1.54, 1.807) is 13.0 Å². The fraction of sp³-hybridized carbons (Fsp3) is 0.500. The minimum atomic E-state index is -1.01. The Labute approximate surface area is 115 Å². The maximum absolute atomic E-state index is 11.3. The first kappa shape index (κ1) is 14.2. The van der Waals surface area contributed by atoms with Crippen LogP contribution in [0, 0.1) is 5.41 Å². The number of aliphatic carboxylic acids is 1. The minimum Gasteiger partial charge on any atom is -0.481 e. The van der Waals surface area contributed by atoms with E-state index in [0.717, 1.165) is 0 Å². The fourth-order valence-corrected chi connectivity index (χ4v) is 1.92. The summed E-state index contributed by atoms with van der Waals surface area (Å²) in [7, 11) is 1.50. The highest BCUT2D eigenvalue weighted by atomic mass is 16.5. The Balaban J connectivity index is 2.10. The smallest absolute Gasteiger partial charge is 0.313 e. The van der Waals surface area contributed by atoms with E-state index in [0.29, 0.717) is 5.82 Å². The predicted molar refractivity (Wildman–Crippen MR) is 69.4 cm³/mol. The van der Waals surface area contributed by atoms with E-state index >= 15 is 0 Å². The molecule has 0 radical (unpaired) electrons. The largest absolute Gasteiger partial charge is 0.481 e. The lowest BCUT2D eigenvalue weighted by Crippen LogP contribution is -2.43. The first-order valence-electron chi connectivity index (χ1n) is 6.11. The molecule has 1 fully saturated rings. The summed E-state index contributed by atoms with van der Waals surface area (Å²) in [6, 6.07) is 2.69. The number of carbonyl (C=O) groups is 2. The van der Waals surface area contributed by atoms with Crippen molar-refractivity contribution < 1.29 is 19.4 Å². The predicted octanol–water partition coefficient (Wildman–Crippen LogP) is -0.262. The second kappa shape index (κ2) is 5.41. The molecule has 2 heterocycles. The molecule has 20 heavy (non-hydrogen) atoms. The van der Waals surface area contributed by atoms with Gasteiger partial charge in [0.15, 0.2) is 5.69 Å². The van der Waals surface area contributed by atoms with Gasteiger partial charge >= 0.3 is 5.97 Å². The quantitative estimate of drug-likeness (QED) is 0.696. The van der Waals surface area contributed by atoms with Crippen molar-refractivity contribution in [3.05, 3.63) is 17.8 Å². The highest BCUT2D eigenvalue weighted by molar-refractivity contribution is 5.91. The third kappa shape index (κ3) is 2.55. The van der Waals surface area contributed by atoms with Crippen LogP contribution < -0.4 is 10.6 Å². The molecule has 0 bridgehead atoms. The zero-order valence-electron chi connectivity index (χ0n) is 11.2. The van der Waals surface area contributed by atoms with Gasteiger partial charge in [-0.05, 0) is 19.1 Å². The number of hydrogen-bond donors (Lipinski definition) is 3. The number of aromatic nitrogens is 2. The molecule has 1 aliphatic rings. The van der Waals surface area contributed by atoms with Crippen molar-refractivity contribution in [3.63, 3.8) is 0 Å². The molecule has 108 valence electrons. The SMILES string of the molecule is CNC(=O)c1ccc(NC2COCC2(C)C(=O)O)nn1. The van der Waals surface area contributed by atoms with Gasteiger partial charge in [-0.1, -0.05) is 0 Å². The summed E-state index contributed by atoms with van der Waals surface area (Å²) in [6.07, 6.45) is 0. The summed E-state index contributed by atoms with van der Waals surface area (Å²) in [5.74, 6) is -0.855. The van der Waals surface area contributed by atoms with Gasteiger partial charge in [0.1, 0.15) is 11.2 Å². The molecule has 0 saturated carbocycles. The van der Waals surface area contributed by atoms with E-state index in [2.05, 4.69) is 20.8 Å². The van der Waals surface area contributed by atoms with Crippen LogP contribution in [0.2, 0.25) is 0 Å². The van der Waals surface area contributed by atoms with Gasteiger partial charge in [0.05, 0.1) is 19.3 Å². The normalized spacial score (nSPS) is 25.2. The summed E-state index contributed by atoms with van der Waals surface area (Å²) in [6.45, 7) is 2.04. The van der Waals surface area contributed by atoms with Crippen molar-refractivity contribution in [1.82, 2.24) is 15.5 Å². The van der Waals surface area contributed by atoms with Crippen molar-refractivity contribution >= 4 is 17.7 Å². The summed E-state index contributed by atoms with van der Waals surface area (Å²) >= 11 is 0. The van der Waals surface area contributed by atoms with Crippen LogP contribution in [0.3, 0.4) is 0 Å². The Morgan fingerprint density at radius 1 is 1.45 bits per heavy atom. The molecule has 2 atom stereocenters. The van der Waals surface area contributed by atoms with Gasteiger partial charge in [-0.2, -0.15) is 0 Å². The number of carboxylic acid groups (broad SMARTS) is 1. The lowest BCUT2D eigenvalue weighted by molar-refractivity contribution is -0.148. The summed E-state index contributed by atoms with van der Waals surface area (Å²) in [5.41, 5.74) is -0.817. The molecule has 0 aliphatic carbocycles. The molecular formula is C12H16N4O4. The Kier molecular flexibility index (Phi) is 3.84. The van der Waals surface area contributed by atoms with Crippen LogP contribution in [0.5, 0.6) is 0 Å². The van der Waals surface area contributed by atoms with Crippen molar-refractivity contribution in [2.45, 2.75) is 13.0 Å². The van der Waals surface area contributed by atoms with Crippen LogP contribution in [-0.4, -0.2) is 53.5 Å². The molecule has 2 rings (SSSR count). The summed E-state index contributed by atoms with van der Waals surface area (Å²) in [5, 5.41) is 22.3. The Bertz CT molecular complexity index is 519. The van der Waals surface area contributed by atoms with E-state index in [-0.39, 0.29) is 24.8 Å². The summed E-state index contributed by atoms with van der Waals surface area (Å²) in [4.78, 5) is 22.6. The number of amides is 1. The van der Waals surface area contributed by atoms with Gasteiger partial charge in [0, 0.05) is 7.05 Å². The molecule has 1 amide bonds. The lowest BCUT2D eigenvalue weighted by Gasteiger charge is -2.25. The third-order valence-electron chi connectivity index (χ3n) is 3.39. The highest BCUT2D eigenvalue weighted by Gasteiger charge is 2.46. The zero-order chi connectivity index (χ0) is 14.8. The topological polar surface area (TPSA) is 113 Å². The van der Waals surface area contributed by atoms with Crippen LogP contribution in [0.15, 0.2) is 12.1 Å². The molecule has 0 aromatic carbocycles. The lowest BCUT2D eigenvalue weighted by atomic mass is 9.85. The van der Waals surface area contributed by atoms with E-state index in [4.69, 9.17) is 4.74 Å². The second-order valence-electron chi connectivity index (χ2n) is 4.82. The molecule has 3 N–H and O–H groups in total. The number of anilines is 1. The monoisotopic (exact) mass is 280 g/mol. The first-order chi connectivity index (χ1) is 9.47. The van der Waals surface area contributed by atoms with Gasteiger partial charge in [-0.25, -0.2) is 0 Å². The average molecular weight is 280 g/mol. The van der Waals surface area contributed by atoms with E-state index in [9.17, 15) is 14.7 Å². The standard InChI is InChI=1S/C12H16N4O4/c1-12(11(18)19)6-20-5-8(12)14-9-4-3-7(15-16-9)10(17)13-2/h3-4,8H,5-6H2,1-2H3,(H,13,17)(H,14,16)(H,18,19). The van der Waals surface area contributed by atoms with Crippen LogP contribution in [-0.2, 0) is 9.53 Å². The maximum Gasteiger partial charge on any atom is 0.313 e. The highest BCUT2D eigenvalue weighted by Crippen LogP contribution is 2.30. The van der Waals surface area contributed by atoms with E-state index in [1.165, 1.54) is 13.1 Å². The molecular weight excluding hydrogens is 264 g/mol. The third-order valence-corrected chi connectivity index (χ3v) is 3.39. The number of nitrogens with one attached hydrogen (secondary N) is 2. The molecule has 2 unspecified atom stereocenters. The van der Waals surface area contributed by atoms with Crippen molar-refractivity contribution in [3.8, 4) is 0 Å². The second-order valence-corrected chi connectivity index (χ2v) is 4.82. The molecule has 1 saturated heterocycles. The van der Waals surface area contributed by atoms with Crippen molar-refractivity contribution in [2.75, 3.05) is 25.6 Å². The van der Waals surface area contributed by atoms with Crippen LogP contribution in [0.25, 0.3) is 0 Å². The van der Waals surface area contributed by atoms with Crippen LogP contribution in [0.4, 0.5) is 5.82 Å². The Morgan fingerprint density at radius 2 is 2.20 bits per heavy atom. The van der Waals surface area contributed by atoms with Gasteiger partial charge < -0.3 is 20.5 Å². The fourth-order valence-electron chi connectivity index (χ4n) is 1.92. The molecule has 1 aromatic heterocycles. The van der Waals surface area contributed by atoms with Crippen LogP contribution >= 0.6 is 0 Å². The molecule has 1 aromatic rings. The van der Waals surface area contributed by atoms with E-state index in [1.807, 2.05) is 0 Å². The number of rotatable bonds is 4. The number of hydrogen-bond acceptors (Lipinski definition) is 6. The summed E-state index contributed by atoms with van der Waals surface area (Å²) < 4.78 is 5.23. The maximum atomic E-state index is 11.3. The van der Waals surface area contributed by atoms with Gasteiger partial charge in [-0.15, -0.1) is 10.2 Å². The molecule has 1 aliphatic heterocycles. The average Bonchev–Trinajstić information content (AvgIpc) is 2.81. The number of nitrogens with zero attached hydrogens (tertiary/aromatic N) is 2. The van der Waals surface area contributed by atoms with Gasteiger partial charge in [-0.3, -0.25) is 9.59 Å². The molecule has 8 heteroatoms. The minimum absolute atomic E-state index is 0.143. The number of carboxylic acids is 1. The first-order valence-corrected chi connectivity index (χ1v) is 6.11. The van der Waals surface area contributed by atoms with Gasteiger partial charge in [0.25, 0.3) is 5.91 Å². The van der Waals surface area contributed by atoms with Gasteiger partial charge in [0.2, 0.25) is 0 Å². The molecule has 8 nitrogen and oxygen atoms in total. The van der Waals surface area contributed by atoms with Crippen LogP contribution in [0.1, 0.15) is 17.4 Å².